The van der Waals surface area contributed by atoms with Crippen LogP contribution in [-0.4, -0.2) is 14.6 Å². The van der Waals surface area contributed by atoms with Crippen LogP contribution < -0.4 is 5.73 Å². The third-order valence-corrected chi connectivity index (χ3v) is 2.79. The number of hydrogen-bond donors (Lipinski definition) is 1. The monoisotopic (exact) mass is 244 g/mol. The Morgan fingerprint density at radius 2 is 1.88 bits per heavy atom. The average Bonchev–Trinajstić information content (AvgIpc) is 2.70. The number of aromatic nitrogens is 3. The lowest BCUT2D eigenvalue weighted by atomic mass is 10.1. The average molecular weight is 245 g/mol. The Hall–Kier alpha value is -2.07. The van der Waals surface area contributed by atoms with Crippen molar-refractivity contribution in [3.8, 4) is 11.1 Å². The van der Waals surface area contributed by atoms with Gasteiger partial charge in [-0.05, 0) is 29.8 Å². The topological polar surface area (TPSA) is 56.2 Å². The van der Waals surface area contributed by atoms with E-state index in [2.05, 4.69) is 10.1 Å². The van der Waals surface area contributed by atoms with Crippen LogP contribution in [0.5, 0.6) is 0 Å². The van der Waals surface area contributed by atoms with Gasteiger partial charge in [-0.2, -0.15) is 4.98 Å². The summed E-state index contributed by atoms with van der Waals surface area (Å²) in [6, 6.07) is 11.5. The van der Waals surface area contributed by atoms with Crippen LogP contribution in [0.1, 0.15) is 0 Å². The predicted molar refractivity (Wildman–Crippen MR) is 67.8 cm³/mol. The maximum Gasteiger partial charge on any atom is 0.240 e. The fraction of sp³-hybridized carbons (Fsp3) is 0. The number of nitrogens with zero attached hydrogens (tertiary/aromatic N) is 3. The lowest BCUT2D eigenvalue weighted by Crippen LogP contribution is -1.89. The molecule has 2 N–H and O–H groups in total. The van der Waals surface area contributed by atoms with Crippen molar-refractivity contribution in [1.29, 1.82) is 0 Å². The van der Waals surface area contributed by atoms with Crippen LogP contribution in [0.3, 0.4) is 0 Å². The summed E-state index contributed by atoms with van der Waals surface area (Å²) in [4.78, 5) is 4.21. The van der Waals surface area contributed by atoms with E-state index in [0.717, 1.165) is 16.8 Å². The first-order valence-electron chi connectivity index (χ1n) is 5.11. The van der Waals surface area contributed by atoms with Crippen molar-refractivity contribution in [2.24, 2.45) is 0 Å². The molecule has 0 aliphatic heterocycles. The molecule has 0 spiro atoms. The molecule has 0 aliphatic rings. The third kappa shape index (κ3) is 1.72. The van der Waals surface area contributed by atoms with Gasteiger partial charge in [0.1, 0.15) is 0 Å². The van der Waals surface area contributed by atoms with Crippen molar-refractivity contribution in [2.45, 2.75) is 0 Å². The highest BCUT2D eigenvalue weighted by Gasteiger charge is 2.07. The molecule has 3 rings (SSSR count). The van der Waals surface area contributed by atoms with E-state index >= 15 is 0 Å². The van der Waals surface area contributed by atoms with Gasteiger partial charge in [-0.25, -0.2) is 4.52 Å². The van der Waals surface area contributed by atoms with Gasteiger partial charge in [-0.3, -0.25) is 0 Å². The molecule has 0 bridgehead atoms. The molecule has 3 aromatic rings. The van der Waals surface area contributed by atoms with E-state index in [4.69, 9.17) is 17.3 Å². The number of halogens is 1. The molecule has 17 heavy (non-hydrogen) atoms. The molecular weight excluding hydrogens is 236 g/mol. The Morgan fingerprint density at radius 3 is 2.65 bits per heavy atom. The van der Waals surface area contributed by atoms with E-state index in [1.165, 1.54) is 0 Å². The summed E-state index contributed by atoms with van der Waals surface area (Å²) in [5, 5.41) is 4.78. The van der Waals surface area contributed by atoms with E-state index in [1.807, 2.05) is 42.6 Å². The van der Waals surface area contributed by atoms with Gasteiger partial charge >= 0.3 is 0 Å². The molecule has 0 atom stereocenters. The van der Waals surface area contributed by atoms with E-state index in [0.29, 0.717) is 5.02 Å². The van der Waals surface area contributed by atoms with Gasteiger partial charge in [-0.15, -0.1) is 5.10 Å². The second-order valence-electron chi connectivity index (χ2n) is 3.67. The maximum atomic E-state index is 5.87. The fourth-order valence-corrected chi connectivity index (χ4v) is 1.90. The van der Waals surface area contributed by atoms with Gasteiger partial charge in [0.2, 0.25) is 5.95 Å². The summed E-state index contributed by atoms with van der Waals surface area (Å²) in [6.45, 7) is 0. The standard InChI is InChI=1S/C12H9ClN4/c13-9-5-3-8(4-6-9)10-2-1-7-17-11(10)15-12(14)16-17/h1-7H,(H2,14,16). The van der Waals surface area contributed by atoms with E-state index in [9.17, 15) is 0 Å². The molecule has 0 fully saturated rings. The van der Waals surface area contributed by atoms with Crippen LogP contribution in [0, 0.1) is 0 Å². The smallest absolute Gasteiger partial charge is 0.240 e. The van der Waals surface area contributed by atoms with Gasteiger partial charge < -0.3 is 5.73 Å². The maximum absolute atomic E-state index is 5.87. The van der Waals surface area contributed by atoms with Gasteiger partial charge in [0.15, 0.2) is 5.65 Å². The second-order valence-corrected chi connectivity index (χ2v) is 4.10. The second kappa shape index (κ2) is 3.75. The van der Waals surface area contributed by atoms with Crippen molar-refractivity contribution in [2.75, 3.05) is 5.73 Å². The summed E-state index contributed by atoms with van der Waals surface area (Å²) in [6.07, 6.45) is 1.82. The zero-order valence-electron chi connectivity index (χ0n) is 8.84. The van der Waals surface area contributed by atoms with Crippen LogP contribution in [-0.2, 0) is 0 Å². The molecule has 0 unspecified atom stereocenters. The van der Waals surface area contributed by atoms with Gasteiger partial charge in [0, 0.05) is 16.8 Å². The third-order valence-electron chi connectivity index (χ3n) is 2.53. The first-order valence-corrected chi connectivity index (χ1v) is 5.48. The van der Waals surface area contributed by atoms with Crippen LogP contribution >= 0.6 is 11.6 Å². The number of pyridine rings is 1. The molecule has 0 aliphatic carbocycles. The molecule has 0 radical (unpaired) electrons. The summed E-state index contributed by atoms with van der Waals surface area (Å²) in [7, 11) is 0. The highest BCUT2D eigenvalue weighted by molar-refractivity contribution is 6.30. The van der Waals surface area contributed by atoms with Crippen molar-refractivity contribution in [3.63, 3.8) is 0 Å². The van der Waals surface area contributed by atoms with Crippen LogP contribution in [0.15, 0.2) is 42.6 Å². The molecule has 1 aromatic carbocycles. The minimum absolute atomic E-state index is 0.270. The fourth-order valence-electron chi connectivity index (χ4n) is 1.78. The number of anilines is 1. The van der Waals surface area contributed by atoms with Crippen molar-refractivity contribution in [1.82, 2.24) is 14.6 Å². The largest absolute Gasteiger partial charge is 0.366 e. The highest BCUT2D eigenvalue weighted by Crippen LogP contribution is 2.24. The van der Waals surface area contributed by atoms with Gasteiger partial charge in [0.25, 0.3) is 0 Å². The summed E-state index contributed by atoms with van der Waals surface area (Å²) in [5.74, 6) is 0.270. The molecule has 5 heteroatoms. The number of fused-ring (bicyclic) bond motifs is 1. The SMILES string of the molecule is Nc1nc2c(-c3ccc(Cl)cc3)cccn2n1. The molecule has 0 amide bonds. The zero-order chi connectivity index (χ0) is 11.8. The molecule has 2 heterocycles. The highest BCUT2D eigenvalue weighted by atomic mass is 35.5. The van der Waals surface area contributed by atoms with Gasteiger partial charge in [0.05, 0.1) is 0 Å². The van der Waals surface area contributed by atoms with Crippen LogP contribution in [0.2, 0.25) is 5.02 Å². The lowest BCUT2D eigenvalue weighted by molar-refractivity contribution is 0.969. The Labute approximate surface area is 103 Å². The Balaban J connectivity index is 2.26. The minimum Gasteiger partial charge on any atom is -0.366 e. The van der Waals surface area contributed by atoms with Crippen molar-refractivity contribution >= 4 is 23.2 Å². The quantitative estimate of drug-likeness (QED) is 0.716. The van der Waals surface area contributed by atoms with Crippen molar-refractivity contribution < 1.29 is 0 Å². The van der Waals surface area contributed by atoms with Crippen LogP contribution in [0.25, 0.3) is 16.8 Å². The van der Waals surface area contributed by atoms with Crippen molar-refractivity contribution in [3.05, 3.63) is 47.6 Å². The number of nitrogen functional groups attached to an aromatic ring is 1. The Bertz CT molecular complexity index is 673. The molecule has 0 saturated carbocycles. The number of rotatable bonds is 1. The minimum atomic E-state index is 0.270. The molecule has 4 nitrogen and oxygen atoms in total. The number of benzene rings is 1. The number of nitrogens with two attached hydrogens (primary N) is 1. The zero-order valence-corrected chi connectivity index (χ0v) is 9.59. The lowest BCUT2D eigenvalue weighted by Gasteiger charge is -2.02. The van der Waals surface area contributed by atoms with Gasteiger partial charge in [-0.1, -0.05) is 23.7 Å². The van der Waals surface area contributed by atoms with Crippen LogP contribution in [0.4, 0.5) is 5.95 Å². The summed E-state index contributed by atoms with van der Waals surface area (Å²) in [5.41, 5.74) is 8.35. The van der Waals surface area contributed by atoms with E-state index in [1.54, 1.807) is 4.52 Å². The normalized spacial score (nSPS) is 10.9. The molecule has 2 aromatic heterocycles. The molecular formula is C12H9ClN4. The summed E-state index contributed by atoms with van der Waals surface area (Å²) < 4.78 is 1.67. The first kappa shape index (κ1) is 10.1. The molecule has 0 saturated heterocycles. The summed E-state index contributed by atoms with van der Waals surface area (Å²) >= 11 is 5.87. The molecule has 84 valence electrons. The van der Waals surface area contributed by atoms with E-state index in [-0.39, 0.29) is 5.95 Å². The number of hydrogen-bond acceptors (Lipinski definition) is 3. The van der Waals surface area contributed by atoms with E-state index < -0.39 is 0 Å². The Kier molecular flexibility index (Phi) is 2.23. The first-order chi connectivity index (χ1) is 8.24. The predicted octanol–water partition coefficient (Wildman–Crippen LogP) is 2.63. The Morgan fingerprint density at radius 1 is 1.12 bits per heavy atom.